The van der Waals surface area contributed by atoms with Gasteiger partial charge in [0.05, 0.1) is 28.6 Å². The maximum Gasteiger partial charge on any atom is 0.125 e. The number of ether oxygens (including phenoxy) is 1. The van der Waals surface area contributed by atoms with Crippen molar-refractivity contribution in [1.82, 2.24) is 9.55 Å². The number of nitrogens with zero attached hydrogens (tertiary/aromatic N) is 2. The Morgan fingerprint density at radius 2 is 2.33 bits per heavy atom. The zero-order chi connectivity index (χ0) is 12.7. The largest absolute Gasteiger partial charge is 0.376 e. The van der Waals surface area contributed by atoms with E-state index in [0.29, 0.717) is 16.9 Å². The lowest BCUT2D eigenvalue weighted by atomic mass is 10.1. The molecule has 0 bridgehead atoms. The molecule has 0 N–H and O–H groups in total. The number of hydrogen-bond donors (Lipinski definition) is 0. The van der Waals surface area contributed by atoms with Crippen LogP contribution in [0.3, 0.4) is 0 Å². The van der Waals surface area contributed by atoms with Gasteiger partial charge in [-0.3, -0.25) is 0 Å². The third kappa shape index (κ3) is 1.81. The summed E-state index contributed by atoms with van der Waals surface area (Å²) in [6.45, 7) is 2.87. The first kappa shape index (κ1) is 12.3. The Morgan fingerprint density at radius 1 is 1.50 bits per heavy atom. The van der Waals surface area contributed by atoms with Crippen LogP contribution in [0.2, 0.25) is 5.02 Å². The highest BCUT2D eigenvalue weighted by Crippen LogP contribution is 2.33. The average molecular weight is 285 g/mol. The summed E-state index contributed by atoms with van der Waals surface area (Å²) in [5, 5.41) is 0.671. The van der Waals surface area contributed by atoms with E-state index in [2.05, 4.69) is 16.5 Å². The lowest BCUT2D eigenvalue weighted by molar-refractivity contribution is 0.108. The van der Waals surface area contributed by atoms with Crippen LogP contribution in [0.15, 0.2) is 18.2 Å². The van der Waals surface area contributed by atoms with Gasteiger partial charge in [-0.25, -0.2) is 4.98 Å². The molecule has 0 spiro atoms. The lowest BCUT2D eigenvalue weighted by Gasteiger charge is -2.19. The summed E-state index contributed by atoms with van der Waals surface area (Å²) in [5.41, 5.74) is 1.87. The molecule has 2 unspecified atom stereocenters. The van der Waals surface area contributed by atoms with E-state index in [1.165, 1.54) is 0 Å². The molecule has 1 aromatic heterocycles. The molecule has 3 nitrogen and oxygen atoms in total. The van der Waals surface area contributed by atoms with Crippen LogP contribution in [0.25, 0.3) is 11.0 Å². The Balaban J connectivity index is 2.22. The Labute approximate surface area is 116 Å². The van der Waals surface area contributed by atoms with E-state index >= 15 is 0 Å². The predicted molar refractivity (Wildman–Crippen MR) is 73.4 cm³/mol. The van der Waals surface area contributed by atoms with E-state index in [1.807, 2.05) is 18.2 Å². The molecule has 0 radical (unpaired) electrons. The van der Waals surface area contributed by atoms with E-state index in [0.717, 1.165) is 29.9 Å². The average Bonchev–Trinajstić information content (AvgIpc) is 2.93. The summed E-state index contributed by atoms with van der Waals surface area (Å²) in [4.78, 5) is 4.55. The van der Waals surface area contributed by atoms with Crippen molar-refractivity contribution in [2.24, 2.45) is 0 Å². The number of hydrogen-bond acceptors (Lipinski definition) is 2. The molecule has 0 saturated carbocycles. The van der Waals surface area contributed by atoms with Gasteiger partial charge in [-0.2, -0.15) is 0 Å². The third-order valence-corrected chi connectivity index (χ3v) is 4.08. The Bertz CT molecular complexity index is 582. The van der Waals surface area contributed by atoms with Crippen molar-refractivity contribution >= 4 is 34.2 Å². The van der Waals surface area contributed by atoms with E-state index in [-0.39, 0.29) is 6.10 Å². The topological polar surface area (TPSA) is 27.1 Å². The standard InChI is InChI=1S/C13H14Cl2N2O/c1-8-10(5-6-18-8)17-11-4-2-3-9(15)13(11)16-12(17)7-14/h2-4,8,10H,5-7H2,1H3. The summed E-state index contributed by atoms with van der Waals surface area (Å²) in [7, 11) is 0. The van der Waals surface area contributed by atoms with Gasteiger partial charge in [-0.15, -0.1) is 11.6 Å². The van der Waals surface area contributed by atoms with Crippen molar-refractivity contribution < 1.29 is 4.74 Å². The van der Waals surface area contributed by atoms with E-state index in [9.17, 15) is 0 Å². The van der Waals surface area contributed by atoms with Gasteiger partial charge >= 0.3 is 0 Å². The summed E-state index contributed by atoms with van der Waals surface area (Å²) in [5.74, 6) is 1.25. The minimum absolute atomic E-state index is 0.184. The van der Waals surface area contributed by atoms with Gasteiger partial charge < -0.3 is 9.30 Å². The molecule has 2 aromatic rings. The Kier molecular flexibility index (Phi) is 3.22. The number of imidazole rings is 1. The van der Waals surface area contributed by atoms with Crippen molar-refractivity contribution in [1.29, 1.82) is 0 Å². The zero-order valence-corrected chi connectivity index (χ0v) is 11.6. The molecule has 0 amide bonds. The summed E-state index contributed by atoms with van der Waals surface area (Å²) >= 11 is 12.2. The van der Waals surface area contributed by atoms with Crippen LogP contribution < -0.4 is 0 Å². The minimum atomic E-state index is 0.184. The van der Waals surface area contributed by atoms with Crippen molar-refractivity contribution in [3.8, 4) is 0 Å². The monoisotopic (exact) mass is 284 g/mol. The van der Waals surface area contributed by atoms with Crippen LogP contribution >= 0.6 is 23.2 Å². The number of rotatable bonds is 2. The van der Waals surface area contributed by atoms with Crippen LogP contribution in [0.4, 0.5) is 0 Å². The molecule has 1 aliphatic rings. The normalized spacial score (nSPS) is 23.9. The molecule has 3 rings (SSSR count). The first-order valence-electron chi connectivity index (χ1n) is 6.05. The molecule has 5 heteroatoms. The maximum atomic E-state index is 6.19. The molecule has 96 valence electrons. The first-order valence-corrected chi connectivity index (χ1v) is 6.96. The van der Waals surface area contributed by atoms with Crippen LogP contribution in [-0.2, 0) is 10.6 Å². The second kappa shape index (κ2) is 4.72. The Hall–Kier alpha value is -0.770. The van der Waals surface area contributed by atoms with Gasteiger partial charge in [0.2, 0.25) is 0 Å². The molecule has 1 saturated heterocycles. The molecule has 0 aliphatic carbocycles. The van der Waals surface area contributed by atoms with Crippen molar-refractivity contribution in [2.45, 2.75) is 31.4 Å². The summed E-state index contributed by atoms with van der Waals surface area (Å²) < 4.78 is 7.83. The quantitative estimate of drug-likeness (QED) is 0.785. The number of aromatic nitrogens is 2. The third-order valence-electron chi connectivity index (χ3n) is 3.53. The highest BCUT2D eigenvalue weighted by Gasteiger charge is 2.29. The van der Waals surface area contributed by atoms with Crippen molar-refractivity contribution in [3.63, 3.8) is 0 Å². The first-order chi connectivity index (χ1) is 8.72. The lowest BCUT2D eigenvalue weighted by Crippen LogP contribution is -2.18. The van der Waals surface area contributed by atoms with Gasteiger partial charge in [0.15, 0.2) is 0 Å². The zero-order valence-electron chi connectivity index (χ0n) is 10.1. The minimum Gasteiger partial charge on any atom is -0.376 e. The molecule has 2 heterocycles. The van der Waals surface area contributed by atoms with Gasteiger partial charge in [-0.1, -0.05) is 17.7 Å². The summed E-state index contributed by atoms with van der Waals surface area (Å²) in [6.07, 6.45) is 1.17. The predicted octanol–water partition coefficient (Wildman–Crippen LogP) is 3.78. The molecule has 1 fully saturated rings. The highest BCUT2D eigenvalue weighted by molar-refractivity contribution is 6.35. The van der Waals surface area contributed by atoms with Crippen LogP contribution in [0, 0.1) is 0 Å². The second-order valence-electron chi connectivity index (χ2n) is 4.57. The maximum absolute atomic E-state index is 6.19. The summed E-state index contributed by atoms with van der Waals surface area (Å²) in [6, 6.07) is 6.13. The number of halogens is 2. The molecule has 18 heavy (non-hydrogen) atoms. The fourth-order valence-electron chi connectivity index (χ4n) is 2.65. The van der Waals surface area contributed by atoms with Crippen LogP contribution in [0.1, 0.15) is 25.2 Å². The fourth-order valence-corrected chi connectivity index (χ4v) is 3.06. The van der Waals surface area contributed by atoms with E-state index in [1.54, 1.807) is 0 Å². The smallest absolute Gasteiger partial charge is 0.125 e. The molecular formula is C13H14Cl2N2O. The number of benzene rings is 1. The van der Waals surface area contributed by atoms with Gasteiger partial charge in [0.1, 0.15) is 11.3 Å². The van der Waals surface area contributed by atoms with Gasteiger partial charge in [-0.05, 0) is 25.5 Å². The van der Waals surface area contributed by atoms with Crippen molar-refractivity contribution in [2.75, 3.05) is 6.61 Å². The van der Waals surface area contributed by atoms with Crippen LogP contribution in [0.5, 0.6) is 0 Å². The highest BCUT2D eigenvalue weighted by atomic mass is 35.5. The molecule has 1 aliphatic heterocycles. The molecular weight excluding hydrogens is 271 g/mol. The molecule has 1 aromatic carbocycles. The van der Waals surface area contributed by atoms with E-state index in [4.69, 9.17) is 27.9 Å². The SMILES string of the molecule is CC1OCCC1n1c(CCl)nc2c(Cl)cccc21. The number of para-hydroxylation sites is 1. The molecule has 2 atom stereocenters. The number of alkyl halides is 1. The Morgan fingerprint density at radius 3 is 3.00 bits per heavy atom. The number of fused-ring (bicyclic) bond motifs is 1. The van der Waals surface area contributed by atoms with Crippen molar-refractivity contribution in [3.05, 3.63) is 29.0 Å². The second-order valence-corrected chi connectivity index (χ2v) is 5.25. The van der Waals surface area contributed by atoms with Crippen LogP contribution in [-0.4, -0.2) is 22.3 Å². The van der Waals surface area contributed by atoms with E-state index < -0.39 is 0 Å². The van der Waals surface area contributed by atoms with Gasteiger partial charge in [0.25, 0.3) is 0 Å². The van der Waals surface area contributed by atoms with Gasteiger partial charge in [0, 0.05) is 6.61 Å². The fraction of sp³-hybridized carbons (Fsp3) is 0.462.